The number of nitrogen functional groups attached to an aromatic ring is 1. The number of aliphatic hydroxyl groups excluding tert-OH is 1. The lowest BCUT2D eigenvalue weighted by Crippen LogP contribution is -1.84. The molecule has 0 aliphatic heterocycles. The van der Waals surface area contributed by atoms with Gasteiger partial charge in [-0.05, 0) is 17.7 Å². The molecule has 2 rings (SSSR count). The first-order valence-electron chi connectivity index (χ1n) is 3.64. The Labute approximate surface area is 69.0 Å². The molecule has 0 unspecified atom stereocenters. The van der Waals surface area contributed by atoms with Gasteiger partial charge in [0.25, 0.3) is 0 Å². The zero-order chi connectivity index (χ0) is 8.55. The molecular weight excluding hydrogens is 154 g/mol. The van der Waals surface area contributed by atoms with Gasteiger partial charge in [-0.3, -0.25) is 0 Å². The van der Waals surface area contributed by atoms with E-state index >= 15 is 0 Å². The smallest absolute Gasteiger partial charge is 0.198 e. The summed E-state index contributed by atoms with van der Waals surface area (Å²) in [7, 11) is 0. The second-order valence-corrected chi connectivity index (χ2v) is 2.63. The van der Waals surface area contributed by atoms with Crippen LogP contribution in [0.5, 0.6) is 0 Å². The first kappa shape index (κ1) is 7.12. The molecule has 2 aromatic rings. The van der Waals surface area contributed by atoms with E-state index < -0.39 is 0 Å². The van der Waals surface area contributed by atoms with Gasteiger partial charge in [-0.2, -0.15) is 0 Å². The number of rotatable bonds is 1. The Morgan fingerprint density at radius 2 is 2.33 bits per heavy atom. The molecule has 0 amide bonds. The maximum absolute atomic E-state index is 8.84. The summed E-state index contributed by atoms with van der Waals surface area (Å²) >= 11 is 0. The third-order valence-electron chi connectivity index (χ3n) is 1.75. The van der Waals surface area contributed by atoms with E-state index in [0.717, 1.165) is 16.6 Å². The predicted octanol–water partition coefficient (Wildman–Crippen LogP) is 0.637. The SMILES string of the molecule is Nc1nc2ccc(CO)cc2[nH]1. The molecule has 0 spiro atoms. The van der Waals surface area contributed by atoms with Gasteiger partial charge in [-0.25, -0.2) is 4.98 Å². The summed E-state index contributed by atoms with van der Waals surface area (Å²) in [4.78, 5) is 6.92. The van der Waals surface area contributed by atoms with Crippen molar-refractivity contribution in [2.75, 3.05) is 5.73 Å². The number of H-pyrrole nitrogens is 1. The van der Waals surface area contributed by atoms with E-state index in [1.165, 1.54) is 0 Å². The van der Waals surface area contributed by atoms with Gasteiger partial charge < -0.3 is 15.8 Å². The van der Waals surface area contributed by atoms with Crippen LogP contribution in [0.25, 0.3) is 11.0 Å². The number of hydrogen-bond donors (Lipinski definition) is 3. The summed E-state index contributed by atoms with van der Waals surface area (Å²) in [5, 5.41) is 8.84. The van der Waals surface area contributed by atoms with Crippen molar-refractivity contribution in [1.82, 2.24) is 9.97 Å². The topological polar surface area (TPSA) is 74.9 Å². The van der Waals surface area contributed by atoms with Crippen LogP contribution in [-0.4, -0.2) is 15.1 Å². The summed E-state index contributed by atoms with van der Waals surface area (Å²) in [5.41, 5.74) is 7.99. The second-order valence-electron chi connectivity index (χ2n) is 2.63. The minimum absolute atomic E-state index is 0.0366. The summed E-state index contributed by atoms with van der Waals surface area (Å²) in [6.45, 7) is 0.0366. The first-order chi connectivity index (χ1) is 5.79. The number of nitrogens with zero attached hydrogens (tertiary/aromatic N) is 1. The zero-order valence-corrected chi connectivity index (χ0v) is 6.41. The molecule has 0 aliphatic carbocycles. The van der Waals surface area contributed by atoms with Gasteiger partial charge in [0.05, 0.1) is 17.6 Å². The van der Waals surface area contributed by atoms with Gasteiger partial charge in [0.2, 0.25) is 0 Å². The van der Waals surface area contributed by atoms with Crippen LogP contribution in [0.2, 0.25) is 0 Å². The van der Waals surface area contributed by atoms with Crippen LogP contribution in [0, 0.1) is 0 Å². The van der Waals surface area contributed by atoms with Gasteiger partial charge in [0.15, 0.2) is 5.95 Å². The number of benzene rings is 1. The van der Waals surface area contributed by atoms with Crippen molar-refractivity contribution in [3.63, 3.8) is 0 Å². The van der Waals surface area contributed by atoms with Crippen molar-refractivity contribution >= 4 is 17.0 Å². The zero-order valence-electron chi connectivity index (χ0n) is 6.41. The fourth-order valence-corrected chi connectivity index (χ4v) is 1.17. The molecule has 1 aromatic heterocycles. The number of imidazole rings is 1. The molecule has 0 radical (unpaired) electrons. The van der Waals surface area contributed by atoms with Crippen LogP contribution in [0.4, 0.5) is 5.95 Å². The molecule has 4 nitrogen and oxygen atoms in total. The lowest BCUT2D eigenvalue weighted by Gasteiger charge is -1.93. The van der Waals surface area contributed by atoms with E-state index in [9.17, 15) is 0 Å². The van der Waals surface area contributed by atoms with Crippen molar-refractivity contribution < 1.29 is 5.11 Å². The number of aromatic amines is 1. The van der Waals surface area contributed by atoms with Crippen molar-refractivity contribution in [3.8, 4) is 0 Å². The lowest BCUT2D eigenvalue weighted by molar-refractivity contribution is 0.282. The summed E-state index contributed by atoms with van der Waals surface area (Å²) < 4.78 is 0. The van der Waals surface area contributed by atoms with Crippen LogP contribution in [0.15, 0.2) is 18.2 Å². The Balaban J connectivity index is 2.66. The number of aromatic nitrogens is 2. The highest BCUT2D eigenvalue weighted by Crippen LogP contribution is 2.14. The molecule has 4 heteroatoms. The fraction of sp³-hybridized carbons (Fsp3) is 0.125. The quantitative estimate of drug-likeness (QED) is 0.577. The van der Waals surface area contributed by atoms with Crippen LogP contribution in [0.1, 0.15) is 5.56 Å². The van der Waals surface area contributed by atoms with Gasteiger partial charge >= 0.3 is 0 Å². The summed E-state index contributed by atoms with van der Waals surface area (Å²) in [6, 6.07) is 5.48. The van der Waals surface area contributed by atoms with Crippen molar-refractivity contribution in [2.24, 2.45) is 0 Å². The van der Waals surface area contributed by atoms with Crippen molar-refractivity contribution in [1.29, 1.82) is 0 Å². The molecule has 0 fully saturated rings. The lowest BCUT2D eigenvalue weighted by atomic mass is 10.2. The average molecular weight is 163 g/mol. The maximum atomic E-state index is 8.84. The van der Waals surface area contributed by atoms with E-state index in [4.69, 9.17) is 10.8 Å². The first-order valence-corrected chi connectivity index (χ1v) is 3.64. The molecule has 1 heterocycles. The molecule has 0 bridgehead atoms. The monoisotopic (exact) mass is 163 g/mol. The van der Waals surface area contributed by atoms with E-state index in [2.05, 4.69) is 9.97 Å². The molecule has 1 aromatic carbocycles. The summed E-state index contributed by atoms with van der Waals surface area (Å²) in [5.74, 6) is 0.403. The Morgan fingerprint density at radius 3 is 3.08 bits per heavy atom. The number of aliphatic hydroxyl groups is 1. The largest absolute Gasteiger partial charge is 0.392 e. The normalized spacial score (nSPS) is 10.8. The standard InChI is InChI=1S/C8H9N3O/c9-8-10-6-2-1-5(4-12)3-7(6)11-8/h1-3,12H,4H2,(H3,9,10,11). The molecule has 0 saturated heterocycles. The Bertz CT molecular complexity index is 408. The molecular formula is C8H9N3O. The maximum Gasteiger partial charge on any atom is 0.198 e. The highest BCUT2D eigenvalue weighted by atomic mass is 16.3. The third-order valence-corrected chi connectivity index (χ3v) is 1.75. The average Bonchev–Trinajstić information content (AvgIpc) is 2.43. The van der Waals surface area contributed by atoms with Crippen LogP contribution in [-0.2, 0) is 6.61 Å². The Morgan fingerprint density at radius 1 is 1.50 bits per heavy atom. The number of fused-ring (bicyclic) bond motifs is 1. The minimum atomic E-state index is 0.0366. The van der Waals surface area contributed by atoms with Crippen LogP contribution < -0.4 is 5.73 Å². The second kappa shape index (κ2) is 2.49. The molecule has 0 saturated carbocycles. The summed E-state index contributed by atoms with van der Waals surface area (Å²) in [6.07, 6.45) is 0. The predicted molar refractivity (Wildman–Crippen MR) is 46.4 cm³/mol. The Kier molecular flexibility index (Phi) is 1.48. The number of nitrogens with two attached hydrogens (primary N) is 1. The molecule has 0 atom stereocenters. The highest BCUT2D eigenvalue weighted by Gasteiger charge is 1.99. The van der Waals surface area contributed by atoms with Crippen LogP contribution in [0.3, 0.4) is 0 Å². The van der Waals surface area contributed by atoms with E-state index in [0.29, 0.717) is 5.95 Å². The van der Waals surface area contributed by atoms with E-state index in [-0.39, 0.29) is 6.61 Å². The minimum Gasteiger partial charge on any atom is -0.392 e. The van der Waals surface area contributed by atoms with Gasteiger partial charge in [0, 0.05) is 0 Å². The Hall–Kier alpha value is -1.55. The number of hydrogen-bond acceptors (Lipinski definition) is 3. The fourth-order valence-electron chi connectivity index (χ4n) is 1.17. The van der Waals surface area contributed by atoms with Gasteiger partial charge in [-0.15, -0.1) is 0 Å². The molecule has 4 N–H and O–H groups in total. The van der Waals surface area contributed by atoms with Gasteiger partial charge in [-0.1, -0.05) is 6.07 Å². The molecule has 62 valence electrons. The number of nitrogens with one attached hydrogen (secondary N) is 1. The van der Waals surface area contributed by atoms with E-state index in [1.54, 1.807) is 0 Å². The third kappa shape index (κ3) is 1.02. The molecule has 0 aliphatic rings. The molecule has 12 heavy (non-hydrogen) atoms. The number of anilines is 1. The van der Waals surface area contributed by atoms with E-state index in [1.807, 2.05) is 18.2 Å². The van der Waals surface area contributed by atoms with Gasteiger partial charge in [0.1, 0.15) is 0 Å². The van der Waals surface area contributed by atoms with Crippen LogP contribution >= 0.6 is 0 Å². The highest BCUT2D eigenvalue weighted by molar-refractivity contribution is 5.77. The van der Waals surface area contributed by atoms with Crippen molar-refractivity contribution in [2.45, 2.75) is 6.61 Å². The van der Waals surface area contributed by atoms with Crippen molar-refractivity contribution in [3.05, 3.63) is 23.8 Å².